The van der Waals surface area contributed by atoms with Crippen molar-refractivity contribution in [3.8, 4) is 0 Å². The molecule has 1 fully saturated rings. The molecule has 0 spiro atoms. The van der Waals surface area contributed by atoms with Crippen LogP contribution in [0, 0.1) is 0 Å². The molecule has 0 bridgehead atoms. The quantitative estimate of drug-likeness (QED) is 0.881. The Hall–Kier alpha value is -0.810. The normalized spacial score (nSPS) is 23.4. The minimum absolute atomic E-state index is 0.0367. The van der Waals surface area contributed by atoms with E-state index in [1.54, 1.807) is 11.3 Å². The molecule has 1 aliphatic rings. The van der Waals surface area contributed by atoms with Crippen LogP contribution in [-0.2, 0) is 4.79 Å². The van der Waals surface area contributed by atoms with E-state index in [0.29, 0.717) is 0 Å². The largest absolute Gasteiger partial charge is 0.304 e. The van der Waals surface area contributed by atoms with Crippen molar-refractivity contribution in [2.45, 2.75) is 31.6 Å². The average molecular weight is 254 g/mol. The second-order valence-corrected chi connectivity index (χ2v) is 6.78. The number of amidine groups is 1. The zero-order valence-corrected chi connectivity index (χ0v) is 11.1. The van der Waals surface area contributed by atoms with Crippen molar-refractivity contribution < 1.29 is 4.79 Å². The number of carbonyl (C=O) groups excluding carboxylic acids is 1. The van der Waals surface area contributed by atoms with Crippen LogP contribution in [0.2, 0.25) is 0 Å². The number of nitrogens with one attached hydrogen (secondary N) is 1. The lowest BCUT2D eigenvalue weighted by Crippen LogP contribution is -2.30. The number of hydrogen-bond donors (Lipinski definition) is 1. The highest BCUT2D eigenvalue weighted by Crippen LogP contribution is 2.32. The Morgan fingerprint density at radius 1 is 1.50 bits per heavy atom. The van der Waals surface area contributed by atoms with E-state index < -0.39 is 4.75 Å². The number of thiophene rings is 1. The molecule has 1 aliphatic heterocycles. The van der Waals surface area contributed by atoms with E-state index in [-0.39, 0.29) is 11.9 Å². The first kappa shape index (κ1) is 11.7. The van der Waals surface area contributed by atoms with Crippen LogP contribution in [0.5, 0.6) is 0 Å². The molecule has 0 saturated carbocycles. The van der Waals surface area contributed by atoms with Crippen molar-refractivity contribution in [2.24, 2.45) is 4.99 Å². The molecule has 5 heteroatoms. The van der Waals surface area contributed by atoms with Crippen LogP contribution in [0.25, 0.3) is 0 Å². The van der Waals surface area contributed by atoms with Gasteiger partial charge in [0.2, 0.25) is 5.91 Å². The molecule has 2 rings (SSSR count). The van der Waals surface area contributed by atoms with Crippen molar-refractivity contribution >= 4 is 34.2 Å². The highest BCUT2D eigenvalue weighted by Gasteiger charge is 2.38. The van der Waals surface area contributed by atoms with Gasteiger partial charge in [0, 0.05) is 4.88 Å². The van der Waals surface area contributed by atoms with Crippen LogP contribution < -0.4 is 5.32 Å². The third-order valence-corrected chi connectivity index (χ3v) is 4.52. The van der Waals surface area contributed by atoms with Crippen molar-refractivity contribution in [1.29, 1.82) is 0 Å². The van der Waals surface area contributed by atoms with Gasteiger partial charge in [-0.2, -0.15) is 0 Å². The molecule has 86 valence electrons. The SMILES string of the molecule is C[C@H](N=C1NC(=O)C(C)(C)S1)c1cccs1. The van der Waals surface area contributed by atoms with E-state index in [9.17, 15) is 4.79 Å². The van der Waals surface area contributed by atoms with Gasteiger partial charge in [-0.1, -0.05) is 17.8 Å². The maximum Gasteiger partial charge on any atom is 0.242 e. The monoisotopic (exact) mass is 254 g/mol. The predicted octanol–water partition coefficient (Wildman–Crippen LogP) is 2.81. The molecule has 3 nitrogen and oxygen atoms in total. The molecular weight excluding hydrogens is 240 g/mol. The molecular formula is C11H14N2OS2. The minimum Gasteiger partial charge on any atom is -0.304 e. The summed E-state index contributed by atoms with van der Waals surface area (Å²) in [5.41, 5.74) is 0. The van der Waals surface area contributed by atoms with E-state index in [4.69, 9.17) is 0 Å². The molecule has 0 aliphatic carbocycles. The maximum atomic E-state index is 11.6. The first-order valence-electron chi connectivity index (χ1n) is 5.11. The molecule has 1 amide bonds. The van der Waals surface area contributed by atoms with Crippen molar-refractivity contribution in [1.82, 2.24) is 5.32 Å². The van der Waals surface area contributed by atoms with Crippen LogP contribution in [0.1, 0.15) is 31.7 Å². The summed E-state index contributed by atoms with van der Waals surface area (Å²) in [6.45, 7) is 5.85. The summed E-state index contributed by atoms with van der Waals surface area (Å²) in [6.07, 6.45) is 0. The van der Waals surface area contributed by atoms with E-state index in [1.165, 1.54) is 16.6 Å². The third-order valence-electron chi connectivity index (χ3n) is 2.38. The van der Waals surface area contributed by atoms with Crippen LogP contribution in [0.15, 0.2) is 22.5 Å². The molecule has 1 saturated heterocycles. The molecule has 1 N–H and O–H groups in total. The second-order valence-electron chi connectivity index (χ2n) is 4.19. The molecule has 0 unspecified atom stereocenters. The lowest BCUT2D eigenvalue weighted by Gasteiger charge is -2.09. The number of nitrogens with zero attached hydrogens (tertiary/aromatic N) is 1. The van der Waals surface area contributed by atoms with Gasteiger partial charge in [0.05, 0.1) is 10.8 Å². The maximum absolute atomic E-state index is 11.6. The first-order chi connectivity index (χ1) is 7.49. The van der Waals surface area contributed by atoms with Crippen molar-refractivity contribution in [2.75, 3.05) is 0 Å². The van der Waals surface area contributed by atoms with Gasteiger partial charge in [-0.15, -0.1) is 11.3 Å². The summed E-state index contributed by atoms with van der Waals surface area (Å²) in [6, 6.07) is 4.18. The summed E-state index contributed by atoms with van der Waals surface area (Å²) < 4.78 is -0.395. The van der Waals surface area contributed by atoms with Gasteiger partial charge < -0.3 is 5.32 Å². The summed E-state index contributed by atoms with van der Waals surface area (Å²) in [7, 11) is 0. The number of hydrogen-bond acceptors (Lipinski definition) is 4. The van der Waals surface area contributed by atoms with E-state index >= 15 is 0 Å². The van der Waals surface area contributed by atoms with Gasteiger partial charge in [0.15, 0.2) is 5.17 Å². The van der Waals surface area contributed by atoms with Gasteiger partial charge in [-0.25, -0.2) is 0 Å². The lowest BCUT2D eigenvalue weighted by molar-refractivity contribution is -0.120. The molecule has 0 radical (unpaired) electrons. The topological polar surface area (TPSA) is 41.5 Å². The fraction of sp³-hybridized carbons (Fsp3) is 0.455. The Kier molecular flexibility index (Phi) is 3.08. The number of aliphatic imine (C=N–C) groups is 1. The van der Waals surface area contributed by atoms with Gasteiger partial charge in [0.25, 0.3) is 0 Å². The number of carbonyl (C=O) groups is 1. The van der Waals surface area contributed by atoms with Crippen LogP contribution >= 0.6 is 23.1 Å². The highest BCUT2D eigenvalue weighted by atomic mass is 32.2. The Bertz CT molecular complexity index is 423. The minimum atomic E-state index is -0.395. The van der Waals surface area contributed by atoms with E-state index in [0.717, 1.165) is 5.17 Å². The van der Waals surface area contributed by atoms with Crippen LogP contribution in [0.4, 0.5) is 0 Å². The van der Waals surface area contributed by atoms with E-state index in [2.05, 4.69) is 16.4 Å². The summed E-state index contributed by atoms with van der Waals surface area (Å²) in [4.78, 5) is 17.3. The molecule has 1 aromatic rings. The standard InChI is InChI=1S/C11H14N2OS2/c1-7(8-5-4-6-15-8)12-10-13-9(14)11(2,3)16-10/h4-7H,1-3H3,(H,12,13,14)/t7-/m0/s1. The number of rotatable bonds is 2. The van der Waals surface area contributed by atoms with Gasteiger partial charge in [-0.3, -0.25) is 9.79 Å². The zero-order chi connectivity index (χ0) is 11.8. The molecule has 16 heavy (non-hydrogen) atoms. The molecule has 1 atom stereocenters. The molecule has 1 aromatic heterocycles. The third kappa shape index (κ3) is 2.30. The second kappa shape index (κ2) is 4.22. The smallest absolute Gasteiger partial charge is 0.242 e. The van der Waals surface area contributed by atoms with Gasteiger partial charge >= 0.3 is 0 Å². The first-order valence-corrected chi connectivity index (χ1v) is 6.80. The number of thioether (sulfide) groups is 1. The molecule has 2 heterocycles. The highest BCUT2D eigenvalue weighted by molar-refractivity contribution is 8.16. The van der Waals surface area contributed by atoms with Crippen molar-refractivity contribution in [3.05, 3.63) is 22.4 Å². The fourth-order valence-electron chi connectivity index (χ4n) is 1.39. The Balaban J connectivity index is 2.13. The zero-order valence-electron chi connectivity index (χ0n) is 9.48. The Morgan fingerprint density at radius 2 is 2.25 bits per heavy atom. The Labute approximate surface area is 103 Å². The molecule has 0 aromatic carbocycles. The van der Waals surface area contributed by atoms with Crippen LogP contribution in [0.3, 0.4) is 0 Å². The fourth-order valence-corrected chi connectivity index (χ4v) is 3.09. The van der Waals surface area contributed by atoms with E-state index in [1.807, 2.05) is 32.2 Å². The summed E-state index contributed by atoms with van der Waals surface area (Å²) >= 11 is 3.18. The van der Waals surface area contributed by atoms with Gasteiger partial charge in [0.1, 0.15) is 0 Å². The number of amides is 1. The Morgan fingerprint density at radius 3 is 2.75 bits per heavy atom. The average Bonchev–Trinajstić information content (AvgIpc) is 2.75. The predicted molar refractivity (Wildman–Crippen MR) is 70.0 cm³/mol. The lowest BCUT2D eigenvalue weighted by atomic mass is 10.2. The summed E-state index contributed by atoms with van der Waals surface area (Å²) in [5.74, 6) is 0.0367. The van der Waals surface area contributed by atoms with Crippen molar-refractivity contribution in [3.63, 3.8) is 0 Å². The van der Waals surface area contributed by atoms with Gasteiger partial charge in [-0.05, 0) is 32.2 Å². The summed E-state index contributed by atoms with van der Waals surface area (Å²) in [5, 5.41) is 5.59. The van der Waals surface area contributed by atoms with Crippen LogP contribution in [-0.4, -0.2) is 15.8 Å².